The van der Waals surface area contributed by atoms with Crippen molar-refractivity contribution < 1.29 is 18.4 Å². The fourth-order valence-electron chi connectivity index (χ4n) is 3.67. The minimum Gasteiger partial charge on any atom is -0.497 e. The number of methoxy groups -OCH3 is 2. The Labute approximate surface area is 211 Å². The van der Waals surface area contributed by atoms with Crippen LogP contribution in [0.3, 0.4) is 0 Å². The van der Waals surface area contributed by atoms with E-state index in [2.05, 4.69) is 20.3 Å². The number of rotatable bonds is 9. The Kier molecular flexibility index (Phi) is 6.94. The summed E-state index contributed by atoms with van der Waals surface area (Å²) in [7, 11) is 3.17. The highest BCUT2D eigenvalue weighted by atomic mass is 32.2. The van der Waals surface area contributed by atoms with Crippen molar-refractivity contribution in [2.45, 2.75) is 17.3 Å². The lowest BCUT2D eigenvalue weighted by molar-refractivity contribution is 0.389. The minimum absolute atomic E-state index is 0.308. The summed E-state index contributed by atoms with van der Waals surface area (Å²) in [6.07, 6.45) is 0.576. The van der Waals surface area contributed by atoms with Crippen LogP contribution < -0.4 is 9.47 Å². The van der Waals surface area contributed by atoms with E-state index < -0.39 is 0 Å². The number of thioether (sulfide) groups is 1. The summed E-state index contributed by atoms with van der Waals surface area (Å²) in [4.78, 5) is 4.53. The number of benzene rings is 3. The van der Waals surface area contributed by atoms with Crippen molar-refractivity contribution in [3.63, 3.8) is 0 Å². The summed E-state index contributed by atoms with van der Waals surface area (Å²) >= 11 is 1.40. The van der Waals surface area contributed by atoms with E-state index >= 15 is 0 Å². The van der Waals surface area contributed by atoms with E-state index in [4.69, 9.17) is 14.0 Å². The van der Waals surface area contributed by atoms with Gasteiger partial charge in [-0.15, -0.1) is 10.2 Å². The van der Waals surface area contributed by atoms with Crippen LogP contribution in [0.2, 0.25) is 0 Å². The molecule has 0 N–H and O–H groups in total. The molecule has 182 valence electrons. The van der Waals surface area contributed by atoms with Crippen molar-refractivity contribution in [2.75, 3.05) is 14.2 Å². The van der Waals surface area contributed by atoms with Gasteiger partial charge in [0.25, 0.3) is 0 Å². The van der Waals surface area contributed by atoms with Gasteiger partial charge < -0.3 is 14.0 Å². The van der Waals surface area contributed by atoms with E-state index in [0.717, 1.165) is 17.1 Å². The third-order valence-electron chi connectivity index (χ3n) is 5.43. The minimum atomic E-state index is -0.308. The highest BCUT2D eigenvalue weighted by molar-refractivity contribution is 7.98. The van der Waals surface area contributed by atoms with Crippen molar-refractivity contribution in [1.29, 1.82) is 0 Å². The first-order chi connectivity index (χ1) is 17.6. The van der Waals surface area contributed by atoms with Gasteiger partial charge in [-0.1, -0.05) is 47.3 Å². The van der Waals surface area contributed by atoms with Crippen LogP contribution in [0.25, 0.3) is 17.1 Å². The zero-order valence-corrected chi connectivity index (χ0v) is 20.4. The third-order valence-corrected chi connectivity index (χ3v) is 6.34. The first-order valence-electron chi connectivity index (χ1n) is 11.1. The monoisotopic (exact) mass is 503 g/mol. The van der Waals surface area contributed by atoms with Gasteiger partial charge in [0.15, 0.2) is 5.16 Å². The normalized spacial score (nSPS) is 11.0. The van der Waals surface area contributed by atoms with Crippen molar-refractivity contribution in [3.05, 3.63) is 95.9 Å². The molecule has 8 nitrogen and oxygen atoms in total. The van der Waals surface area contributed by atoms with E-state index in [1.165, 1.54) is 23.9 Å². The average Bonchev–Trinajstić information content (AvgIpc) is 3.55. The van der Waals surface area contributed by atoms with Crippen LogP contribution in [0.5, 0.6) is 11.5 Å². The molecule has 0 amide bonds. The molecule has 3 aromatic carbocycles. The Balaban J connectivity index is 1.41. The molecule has 0 aliphatic carbocycles. The molecular formula is C26H22FN5O3S. The Morgan fingerprint density at radius 2 is 1.75 bits per heavy atom. The van der Waals surface area contributed by atoms with Crippen LogP contribution in [-0.2, 0) is 12.2 Å². The summed E-state index contributed by atoms with van der Waals surface area (Å²) in [5.41, 5.74) is 2.53. The Morgan fingerprint density at radius 3 is 2.50 bits per heavy atom. The van der Waals surface area contributed by atoms with Crippen molar-refractivity contribution >= 4 is 11.8 Å². The number of hydrogen-bond acceptors (Lipinski definition) is 8. The Morgan fingerprint density at radius 1 is 0.944 bits per heavy atom. The predicted octanol–water partition coefficient (Wildman–Crippen LogP) is 5.36. The van der Waals surface area contributed by atoms with Gasteiger partial charge in [-0.25, -0.2) is 4.39 Å². The van der Waals surface area contributed by atoms with E-state index in [1.54, 1.807) is 44.6 Å². The molecule has 5 aromatic rings. The molecular weight excluding hydrogens is 481 g/mol. The summed E-state index contributed by atoms with van der Waals surface area (Å²) in [5.74, 6) is 2.87. The molecule has 0 fully saturated rings. The number of halogens is 1. The van der Waals surface area contributed by atoms with E-state index in [0.29, 0.717) is 46.1 Å². The van der Waals surface area contributed by atoms with Gasteiger partial charge in [-0.2, -0.15) is 4.98 Å². The van der Waals surface area contributed by atoms with Gasteiger partial charge in [0, 0.05) is 12.1 Å². The standard InChI is InChI=1S/C26H22FN5O3S/c1-33-20-12-13-22(34-2)21(15-20)25-28-24(35-31-25)16-36-26-30-29-23(14-17-6-4-3-5-7-17)32(26)19-10-8-18(27)9-11-19/h3-13,15H,14,16H2,1-2H3. The van der Waals surface area contributed by atoms with Gasteiger partial charge in [0.2, 0.25) is 11.7 Å². The van der Waals surface area contributed by atoms with Crippen LogP contribution in [0, 0.1) is 5.82 Å². The molecule has 5 rings (SSSR count). The molecule has 0 radical (unpaired) electrons. The quantitative estimate of drug-likeness (QED) is 0.249. The lowest BCUT2D eigenvalue weighted by Crippen LogP contribution is -2.04. The molecule has 10 heteroatoms. The lowest BCUT2D eigenvalue weighted by atomic mass is 10.1. The lowest BCUT2D eigenvalue weighted by Gasteiger charge is -2.10. The van der Waals surface area contributed by atoms with Crippen LogP contribution in [-0.4, -0.2) is 39.1 Å². The number of ether oxygens (including phenoxy) is 2. The molecule has 0 atom stereocenters. The fourth-order valence-corrected chi connectivity index (χ4v) is 4.48. The summed E-state index contributed by atoms with van der Waals surface area (Å²) in [6.45, 7) is 0. The zero-order valence-electron chi connectivity index (χ0n) is 19.6. The first-order valence-corrected chi connectivity index (χ1v) is 12.0. The topological polar surface area (TPSA) is 88.1 Å². The smallest absolute Gasteiger partial charge is 0.237 e. The highest BCUT2D eigenvalue weighted by Crippen LogP contribution is 2.32. The molecule has 2 aromatic heterocycles. The molecule has 0 aliphatic heterocycles. The number of aromatic nitrogens is 5. The first kappa shape index (κ1) is 23.6. The van der Waals surface area contributed by atoms with E-state index in [9.17, 15) is 4.39 Å². The molecule has 2 heterocycles. The maximum absolute atomic E-state index is 13.6. The molecule has 0 saturated carbocycles. The molecule has 0 spiro atoms. The SMILES string of the molecule is COc1ccc(OC)c(-c2noc(CSc3nnc(Cc4ccccc4)n3-c3ccc(F)cc3)n2)c1. The highest BCUT2D eigenvalue weighted by Gasteiger charge is 2.18. The summed E-state index contributed by atoms with van der Waals surface area (Å²) in [5, 5.41) is 13.6. The van der Waals surface area contributed by atoms with Crippen molar-refractivity contribution in [1.82, 2.24) is 24.9 Å². The molecule has 36 heavy (non-hydrogen) atoms. The summed E-state index contributed by atoms with van der Waals surface area (Å²) in [6, 6.07) is 21.6. The number of hydrogen-bond donors (Lipinski definition) is 0. The van der Waals surface area contributed by atoms with Crippen LogP contribution in [0.15, 0.2) is 82.5 Å². The van der Waals surface area contributed by atoms with Crippen LogP contribution in [0.1, 0.15) is 17.3 Å². The van der Waals surface area contributed by atoms with Gasteiger partial charge in [-0.3, -0.25) is 4.57 Å². The second-order valence-electron chi connectivity index (χ2n) is 7.74. The van der Waals surface area contributed by atoms with Crippen molar-refractivity contribution in [2.24, 2.45) is 0 Å². The molecule has 0 unspecified atom stereocenters. The van der Waals surface area contributed by atoms with Crippen molar-refractivity contribution in [3.8, 4) is 28.6 Å². The second-order valence-corrected chi connectivity index (χ2v) is 8.68. The maximum atomic E-state index is 13.6. The molecule has 0 bridgehead atoms. The van der Waals surface area contributed by atoms with E-state index in [-0.39, 0.29) is 5.82 Å². The third kappa shape index (κ3) is 5.08. The van der Waals surface area contributed by atoms with Crippen LogP contribution in [0.4, 0.5) is 4.39 Å². The van der Waals surface area contributed by atoms with Crippen LogP contribution >= 0.6 is 11.8 Å². The van der Waals surface area contributed by atoms with E-state index in [1.807, 2.05) is 34.9 Å². The maximum Gasteiger partial charge on any atom is 0.237 e. The zero-order chi connectivity index (χ0) is 24.9. The predicted molar refractivity (Wildman–Crippen MR) is 133 cm³/mol. The second kappa shape index (κ2) is 10.6. The number of nitrogens with zero attached hydrogens (tertiary/aromatic N) is 5. The van der Waals surface area contributed by atoms with Gasteiger partial charge >= 0.3 is 0 Å². The molecule has 0 saturated heterocycles. The van der Waals surface area contributed by atoms with Gasteiger partial charge in [-0.05, 0) is 48.0 Å². The van der Waals surface area contributed by atoms with Gasteiger partial charge in [0.05, 0.1) is 25.5 Å². The van der Waals surface area contributed by atoms with Gasteiger partial charge in [0.1, 0.15) is 23.1 Å². The largest absolute Gasteiger partial charge is 0.497 e. The summed E-state index contributed by atoms with van der Waals surface area (Å²) < 4.78 is 31.7. The molecule has 0 aliphatic rings. The average molecular weight is 504 g/mol. The fraction of sp³-hybridized carbons (Fsp3) is 0.154. The Bertz CT molecular complexity index is 1450. The Hall–Kier alpha value is -4.18.